The maximum atomic E-state index is 12.2. The van der Waals surface area contributed by atoms with Crippen molar-refractivity contribution in [3.8, 4) is 0 Å². The lowest BCUT2D eigenvalue weighted by atomic mass is 10.1. The van der Waals surface area contributed by atoms with Gasteiger partial charge in [0.05, 0.1) is 5.39 Å². The average Bonchev–Trinajstić information content (AvgIpc) is 2.42. The Kier molecular flexibility index (Phi) is 3.94. The highest BCUT2D eigenvalue weighted by molar-refractivity contribution is 7.89. The molecule has 22 heavy (non-hydrogen) atoms. The average molecular weight is 327 g/mol. The molecule has 0 unspecified atom stereocenters. The molecule has 0 saturated heterocycles. The molecule has 0 spiro atoms. The predicted octanol–water partition coefficient (Wildman–Crippen LogP) is -1.36. The van der Waals surface area contributed by atoms with Crippen molar-refractivity contribution in [2.75, 3.05) is 6.54 Å². The van der Waals surface area contributed by atoms with Crippen LogP contribution in [-0.4, -0.2) is 35.0 Å². The van der Waals surface area contributed by atoms with Gasteiger partial charge in [0.1, 0.15) is 10.5 Å². The Morgan fingerprint density at radius 1 is 1.41 bits per heavy atom. The smallest absolute Gasteiger partial charge is 0.324 e. The van der Waals surface area contributed by atoms with Crippen LogP contribution < -0.4 is 21.7 Å². The largest absolute Gasteiger partial charge is 0.329 e. The van der Waals surface area contributed by atoms with Crippen LogP contribution in [0.3, 0.4) is 0 Å². The normalized spacial score (nSPS) is 12.7. The second kappa shape index (κ2) is 5.30. The summed E-state index contributed by atoms with van der Waals surface area (Å²) < 4.78 is 27.9. The van der Waals surface area contributed by atoms with Crippen LogP contribution in [0.15, 0.2) is 26.7 Å². The molecular weight excluding hydrogens is 310 g/mol. The van der Waals surface area contributed by atoms with Gasteiger partial charge in [-0.1, -0.05) is 0 Å². The molecule has 0 bridgehead atoms. The lowest BCUT2D eigenvalue weighted by Crippen LogP contribution is -2.45. The number of nitrogens with two attached hydrogens (primary N) is 1. The van der Waals surface area contributed by atoms with Gasteiger partial charge in [-0.05, 0) is 19.9 Å². The highest BCUT2D eigenvalue weighted by Gasteiger charge is 2.20. The minimum absolute atomic E-state index is 0.0111. The number of rotatable bonds is 4. The minimum atomic E-state index is -3.86. The van der Waals surface area contributed by atoms with E-state index in [0.29, 0.717) is 0 Å². The maximum Gasteiger partial charge on any atom is 0.329 e. The van der Waals surface area contributed by atoms with Gasteiger partial charge in [-0.3, -0.25) is 14.3 Å². The van der Waals surface area contributed by atoms with E-state index in [1.54, 1.807) is 13.8 Å². The molecule has 0 aliphatic heterocycles. The zero-order valence-corrected chi connectivity index (χ0v) is 13.2. The van der Waals surface area contributed by atoms with E-state index in [0.717, 1.165) is 10.8 Å². The van der Waals surface area contributed by atoms with Crippen molar-refractivity contribution in [2.24, 2.45) is 12.8 Å². The Morgan fingerprint density at radius 3 is 2.64 bits per heavy atom. The maximum absolute atomic E-state index is 12.2. The summed E-state index contributed by atoms with van der Waals surface area (Å²) in [5, 5.41) is 0.0111. The first-order valence-corrected chi connectivity index (χ1v) is 7.87. The number of aryl methyl sites for hydroxylation is 1. The van der Waals surface area contributed by atoms with Crippen molar-refractivity contribution in [3.05, 3.63) is 33.1 Å². The van der Waals surface area contributed by atoms with Crippen molar-refractivity contribution < 1.29 is 8.42 Å². The Bertz CT molecular complexity index is 937. The molecule has 4 N–H and O–H groups in total. The summed E-state index contributed by atoms with van der Waals surface area (Å²) in [5.41, 5.74) is 3.80. The van der Waals surface area contributed by atoms with Crippen molar-refractivity contribution in [1.29, 1.82) is 0 Å². The fraction of sp³-hybridized carbons (Fsp3) is 0.417. The van der Waals surface area contributed by atoms with Crippen LogP contribution in [0.25, 0.3) is 11.0 Å². The zero-order chi connectivity index (χ0) is 16.7. The summed E-state index contributed by atoms with van der Waals surface area (Å²) in [4.78, 5) is 29.1. The lowest BCUT2D eigenvalue weighted by Gasteiger charge is -2.18. The van der Waals surface area contributed by atoms with E-state index < -0.39 is 26.8 Å². The van der Waals surface area contributed by atoms with Crippen LogP contribution in [0, 0.1) is 0 Å². The molecule has 0 radical (unpaired) electrons. The first-order valence-electron chi connectivity index (χ1n) is 6.39. The fourth-order valence-corrected chi connectivity index (χ4v) is 2.92. The van der Waals surface area contributed by atoms with Crippen molar-refractivity contribution in [2.45, 2.75) is 24.3 Å². The summed E-state index contributed by atoms with van der Waals surface area (Å²) in [5.74, 6) is 0. The molecule has 10 heteroatoms. The Hall–Kier alpha value is -2.04. The fourth-order valence-electron chi connectivity index (χ4n) is 1.73. The predicted molar refractivity (Wildman–Crippen MR) is 81.1 cm³/mol. The van der Waals surface area contributed by atoms with Crippen molar-refractivity contribution in [1.82, 2.24) is 19.3 Å². The molecule has 0 amide bonds. The van der Waals surface area contributed by atoms with Gasteiger partial charge in [-0.15, -0.1) is 0 Å². The van der Waals surface area contributed by atoms with Gasteiger partial charge in [0.25, 0.3) is 5.56 Å². The molecule has 2 aromatic heterocycles. The monoisotopic (exact) mass is 327 g/mol. The Labute approximate surface area is 126 Å². The van der Waals surface area contributed by atoms with Gasteiger partial charge in [-0.25, -0.2) is 22.9 Å². The molecule has 0 fully saturated rings. The number of hydrogen-bond acceptors (Lipinski definition) is 6. The third-order valence-electron chi connectivity index (χ3n) is 2.96. The number of fused-ring (bicyclic) bond motifs is 1. The minimum Gasteiger partial charge on any atom is -0.324 e. The van der Waals surface area contributed by atoms with Gasteiger partial charge in [0.2, 0.25) is 10.0 Å². The van der Waals surface area contributed by atoms with Gasteiger partial charge in [-0.2, -0.15) is 0 Å². The Morgan fingerprint density at radius 2 is 2.05 bits per heavy atom. The number of sulfonamides is 1. The first-order chi connectivity index (χ1) is 10.0. The van der Waals surface area contributed by atoms with Crippen LogP contribution in [0.1, 0.15) is 13.8 Å². The molecular formula is C12H17N5O4S. The summed E-state index contributed by atoms with van der Waals surface area (Å²) in [6.45, 7) is 3.38. The van der Waals surface area contributed by atoms with Crippen molar-refractivity contribution >= 4 is 21.1 Å². The molecule has 2 rings (SSSR count). The van der Waals surface area contributed by atoms with Gasteiger partial charge < -0.3 is 5.73 Å². The molecule has 0 atom stereocenters. The van der Waals surface area contributed by atoms with Crippen LogP contribution in [0.5, 0.6) is 0 Å². The first kappa shape index (κ1) is 16.3. The SMILES string of the molecule is Cn1c(=O)[nH]c(=O)c2cc(S(=O)(=O)NCC(C)(C)N)cnc21. The second-order valence-electron chi connectivity index (χ2n) is 5.67. The molecule has 0 aliphatic rings. The van der Waals surface area contributed by atoms with Crippen molar-refractivity contribution in [3.63, 3.8) is 0 Å². The summed E-state index contributed by atoms with van der Waals surface area (Å²) in [6.07, 6.45) is 1.09. The molecule has 0 aliphatic carbocycles. The van der Waals surface area contributed by atoms with E-state index in [-0.39, 0.29) is 22.5 Å². The Balaban J connectivity index is 2.55. The van der Waals surface area contributed by atoms with Gasteiger partial charge in [0.15, 0.2) is 0 Å². The zero-order valence-electron chi connectivity index (χ0n) is 12.4. The number of hydrogen-bond donors (Lipinski definition) is 3. The molecule has 2 heterocycles. The topological polar surface area (TPSA) is 140 Å². The molecule has 9 nitrogen and oxygen atoms in total. The van der Waals surface area contributed by atoms with Gasteiger partial charge >= 0.3 is 5.69 Å². The number of aromatic nitrogens is 3. The number of aromatic amines is 1. The third kappa shape index (κ3) is 3.24. The molecule has 0 saturated carbocycles. The number of H-pyrrole nitrogens is 1. The summed E-state index contributed by atoms with van der Waals surface area (Å²) in [6, 6.07) is 1.17. The second-order valence-corrected chi connectivity index (χ2v) is 7.44. The van der Waals surface area contributed by atoms with E-state index >= 15 is 0 Å². The summed E-state index contributed by atoms with van der Waals surface area (Å²) in [7, 11) is -2.43. The van der Waals surface area contributed by atoms with Crippen LogP contribution in [0.2, 0.25) is 0 Å². The lowest BCUT2D eigenvalue weighted by molar-refractivity contribution is 0.498. The molecule has 120 valence electrons. The third-order valence-corrected chi connectivity index (χ3v) is 4.33. The van der Waals surface area contributed by atoms with E-state index in [4.69, 9.17) is 5.73 Å². The van der Waals surface area contributed by atoms with Crippen LogP contribution in [0.4, 0.5) is 0 Å². The standard InChI is InChI=1S/C12H17N5O4S/c1-12(2,13)6-15-22(20,21)7-4-8-9(14-5-7)17(3)11(19)16-10(8)18/h4-5,15H,6,13H2,1-3H3,(H,16,18,19). The van der Waals surface area contributed by atoms with Crippen LogP contribution >= 0.6 is 0 Å². The molecule has 2 aromatic rings. The summed E-state index contributed by atoms with van der Waals surface area (Å²) >= 11 is 0. The van der Waals surface area contributed by atoms with E-state index in [9.17, 15) is 18.0 Å². The van der Waals surface area contributed by atoms with Gasteiger partial charge in [0, 0.05) is 25.3 Å². The number of nitrogens with one attached hydrogen (secondary N) is 2. The number of nitrogens with zero attached hydrogens (tertiary/aromatic N) is 2. The highest BCUT2D eigenvalue weighted by atomic mass is 32.2. The van der Waals surface area contributed by atoms with Crippen LogP contribution in [-0.2, 0) is 17.1 Å². The van der Waals surface area contributed by atoms with E-state index in [2.05, 4.69) is 14.7 Å². The quantitative estimate of drug-likeness (QED) is 0.633. The van der Waals surface area contributed by atoms with E-state index in [1.807, 2.05) is 0 Å². The van der Waals surface area contributed by atoms with E-state index in [1.165, 1.54) is 13.1 Å². The molecule has 0 aromatic carbocycles. The highest BCUT2D eigenvalue weighted by Crippen LogP contribution is 2.12. The number of pyridine rings is 1.